The smallest absolute Gasteiger partial charge is 0.123 e. The molecule has 3 heteroatoms. The van der Waals surface area contributed by atoms with Crippen molar-refractivity contribution in [2.75, 3.05) is 11.9 Å². The minimum atomic E-state index is -0.247. The Bertz CT molecular complexity index is 691. The van der Waals surface area contributed by atoms with Crippen molar-refractivity contribution in [1.82, 2.24) is 4.98 Å². The zero-order chi connectivity index (χ0) is 15.1. The SMILES string of the molecule is C=C(C#Cc1ccncc1)/C=C\N(C)c1ccc(F)cc1. The molecule has 0 atom stereocenters. The maximum Gasteiger partial charge on any atom is 0.123 e. The van der Waals surface area contributed by atoms with Gasteiger partial charge in [0.25, 0.3) is 0 Å². The molecule has 1 aromatic carbocycles. The highest BCUT2D eigenvalue weighted by molar-refractivity contribution is 5.50. The summed E-state index contributed by atoms with van der Waals surface area (Å²) in [4.78, 5) is 5.81. The van der Waals surface area contributed by atoms with Crippen LogP contribution in [0.2, 0.25) is 0 Å². The van der Waals surface area contributed by atoms with Gasteiger partial charge in [0, 0.05) is 42.5 Å². The summed E-state index contributed by atoms with van der Waals surface area (Å²) in [5, 5.41) is 0. The zero-order valence-corrected chi connectivity index (χ0v) is 11.8. The van der Waals surface area contributed by atoms with Crippen molar-refractivity contribution in [1.29, 1.82) is 0 Å². The van der Waals surface area contributed by atoms with E-state index < -0.39 is 0 Å². The number of rotatable bonds is 3. The molecule has 0 bridgehead atoms. The number of benzene rings is 1. The van der Waals surface area contributed by atoms with E-state index >= 15 is 0 Å². The van der Waals surface area contributed by atoms with E-state index in [0.29, 0.717) is 5.57 Å². The van der Waals surface area contributed by atoms with Gasteiger partial charge in [-0.25, -0.2) is 4.39 Å². The van der Waals surface area contributed by atoms with Gasteiger partial charge in [0.1, 0.15) is 5.82 Å². The molecule has 0 aliphatic carbocycles. The molecule has 2 aromatic rings. The van der Waals surface area contributed by atoms with Gasteiger partial charge in [-0.1, -0.05) is 18.4 Å². The molecule has 0 saturated heterocycles. The molecule has 1 heterocycles. The molecule has 0 saturated carbocycles. The zero-order valence-electron chi connectivity index (χ0n) is 11.8. The van der Waals surface area contributed by atoms with Gasteiger partial charge < -0.3 is 4.90 Å². The fourth-order valence-corrected chi connectivity index (χ4v) is 1.59. The molecule has 2 nitrogen and oxygen atoms in total. The standard InChI is InChI=1S/C18H15FN2/c1-15(3-4-16-9-12-20-13-10-16)11-14-21(2)18-7-5-17(19)6-8-18/h5-14H,1H2,2H3/b14-11-. The molecule has 0 radical (unpaired) electrons. The van der Waals surface area contributed by atoms with Crippen molar-refractivity contribution in [3.05, 3.63) is 84.6 Å². The molecule has 0 fully saturated rings. The Hall–Kier alpha value is -2.86. The maximum absolute atomic E-state index is 12.9. The van der Waals surface area contributed by atoms with E-state index in [1.807, 2.05) is 36.4 Å². The summed E-state index contributed by atoms with van der Waals surface area (Å²) < 4.78 is 12.9. The number of pyridine rings is 1. The third kappa shape index (κ3) is 4.63. The number of hydrogen-bond donors (Lipinski definition) is 0. The fraction of sp³-hybridized carbons (Fsp3) is 0.0556. The Morgan fingerprint density at radius 1 is 1.19 bits per heavy atom. The molecule has 0 spiro atoms. The number of nitrogens with zero attached hydrogens (tertiary/aromatic N) is 2. The Labute approximate surface area is 124 Å². The van der Waals surface area contributed by atoms with E-state index in [1.54, 1.807) is 24.5 Å². The predicted molar refractivity (Wildman–Crippen MR) is 84.2 cm³/mol. The third-order valence-corrected chi connectivity index (χ3v) is 2.78. The van der Waals surface area contributed by atoms with Crippen molar-refractivity contribution in [2.45, 2.75) is 0 Å². The Morgan fingerprint density at radius 3 is 2.52 bits per heavy atom. The number of hydrogen-bond acceptors (Lipinski definition) is 2. The van der Waals surface area contributed by atoms with Crippen LogP contribution in [0.15, 0.2) is 73.2 Å². The number of anilines is 1. The van der Waals surface area contributed by atoms with Crippen LogP contribution in [-0.4, -0.2) is 12.0 Å². The van der Waals surface area contributed by atoms with Gasteiger partial charge in [0.15, 0.2) is 0 Å². The lowest BCUT2D eigenvalue weighted by Crippen LogP contribution is -2.07. The quantitative estimate of drug-likeness (QED) is 0.627. The largest absolute Gasteiger partial charge is 0.351 e. The molecule has 104 valence electrons. The van der Waals surface area contributed by atoms with Crippen LogP contribution in [0.1, 0.15) is 5.56 Å². The van der Waals surface area contributed by atoms with E-state index in [2.05, 4.69) is 23.4 Å². The predicted octanol–water partition coefficient (Wildman–Crippen LogP) is 3.78. The van der Waals surface area contributed by atoms with E-state index in [1.165, 1.54) is 12.1 Å². The number of allylic oxidation sites excluding steroid dienone is 2. The lowest BCUT2D eigenvalue weighted by Gasteiger charge is -2.13. The summed E-state index contributed by atoms with van der Waals surface area (Å²) in [6, 6.07) is 9.97. The molecule has 0 unspecified atom stereocenters. The van der Waals surface area contributed by atoms with Crippen molar-refractivity contribution in [3.63, 3.8) is 0 Å². The van der Waals surface area contributed by atoms with Gasteiger partial charge in [0.05, 0.1) is 0 Å². The maximum atomic E-state index is 12.9. The first-order valence-electron chi connectivity index (χ1n) is 6.43. The fourth-order valence-electron chi connectivity index (χ4n) is 1.59. The minimum Gasteiger partial charge on any atom is -0.351 e. The topological polar surface area (TPSA) is 16.1 Å². The van der Waals surface area contributed by atoms with Crippen LogP contribution in [0.4, 0.5) is 10.1 Å². The highest BCUT2D eigenvalue weighted by atomic mass is 19.1. The van der Waals surface area contributed by atoms with E-state index in [0.717, 1.165) is 11.3 Å². The number of halogens is 1. The lowest BCUT2D eigenvalue weighted by molar-refractivity contribution is 0.628. The Kier molecular flexibility index (Phi) is 4.89. The summed E-state index contributed by atoms with van der Waals surface area (Å²) in [6.07, 6.45) is 7.06. The molecule has 21 heavy (non-hydrogen) atoms. The third-order valence-electron chi connectivity index (χ3n) is 2.78. The summed E-state index contributed by atoms with van der Waals surface area (Å²) in [7, 11) is 1.88. The highest BCUT2D eigenvalue weighted by Crippen LogP contribution is 2.13. The Balaban J connectivity index is 1.99. The van der Waals surface area contributed by atoms with Gasteiger partial charge in [-0.2, -0.15) is 0 Å². The Morgan fingerprint density at radius 2 is 1.86 bits per heavy atom. The highest BCUT2D eigenvalue weighted by Gasteiger charge is 1.96. The molecule has 0 N–H and O–H groups in total. The van der Waals surface area contributed by atoms with Crippen LogP contribution >= 0.6 is 0 Å². The van der Waals surface area contributed by atoms with Gasteiger partial charge in [-0.15, -0.1) is 0 Å². The summed E-state index contributed by atoms with van der Waals surface area (Å²) in [6.45, 7) is 3.89. The molecule has 2 rings (SSSR count). The van der Waals surface area contributed by atoms with E-state index in [4.69, 9.17) is 0 Å². The van der Waals surface area contributed by atoms with Crippen molar-refractivity contribution in [3.8, 4) is 11.8 Å². The summed E-state index contributed by atoms with van der Waals surface area (Å²) in [5.74, 6) is 5.73. The van der Waals surface area contributed by atoms with Gasteiger partial charge >= 0.3 is 0 Å². The van der Waals surface area contributed by atoms with Crippen LogP contribution in [-0.2, 0) is 0 Å². The van der Waals surface area contributed by atoms with E-state index in [9.17, 15) is 4.39 Å². The minimum absolute atomic E-state index is 0.247. The van der Waals surface area contributed by atoms with Gasteiger partial charge in [-0.3, -0.25) is 4.98 Å². The lowest BCUT2D eigenvalue weighted by atomic mass is 10.2. The second kappa shape index (κ2) is 7.06. The average Bonchev–Trinajstić information content (AvgIpc) is 2.52. The normalized spacial score (nSPS) is 10.0. The molecule has 0 amide bonds. The second-order valence-corrected chi connectivity index (χ2v) is 4.41. The first-order valence-corrected chi connectivity index (χ1v) is 6.43. The summed E-state index contributed by atoms with van der Waals surface area (Å²) in [5.41, 5.74) is 2.48. The van der Waals surface area contributed by atoms with Gasteiger partial charge in [-0.05, 0) is 42.5 Å². The van der Waals surface area contributed by atoms with Crippen molar-refractivity contribution < 1.29 is 4.39 Å². The van der Waals surface area contributed by atoms with Crippen LogP contribution in [0.3, 0.4) is 0 Å². The first-order chi connectivity index (χ1) is 10.1. The molecule has 0 aliphatic heterocycles. The average molecular weight is 278 g/mol. The number of aromatic nitrogens is 1. The van der Waals surface area contributed by atoms with Crippen molar-refractivity contribution >= 4 is 5.69 Å². The van der Waals surface area contributed by atoms with Crippen LogP contribution in [0.5, 0.6) is 0 Å². The first kappa shape index (κ1) is 14.5. The van der Waals surface area contributed by atoms with Crippen LogP contribution in [0, 0.1) is 17.7 Å². The van der Waals surface area contributed by atoms with Gasteiger partial charge in [0.2, 0.25) is 0 Å². The van der Waals surface area contributed by atoms with E-state index in [-0.39, 0.29) is 5.82 Å². The van der Waals surface area contributed by atoms with Crippen molar-refractivity contribution in [2.24, 2.45) is 0 Å². The summed E-state index contributed by atoms with van der Waals surface area (Å²) >= 11 is 0. The van der Waals surface area contributed by atoms with Crippen LogP contribution in [0.25, 0.3) is 0 Å². The molecular formula is C18H15FN2. The molecule has 0 aliphatic rings. The monoisotopic (exact) mass is 278 g/mol. The molecular weight excluding hydrogens is 263 g/mol. The van der Waals surface area contributed by atoms with Crippen LogP contribution < -0.4 is 4.90 Å². The molecule has 1 aromatic heterocycles. The second-order valence-electron chi connectivity index (χ2n) is 4.41.